The van der Waals surface area contributed by atoms with Crippen molar-refractivity contribution >= 4 is 57.9 Å². The highest BCUT2D eigenvalue weighted by Crippen LogP contribution is 2.35. The molecule has 2 aromatic heterocycles. The molecular weight excluding hydrogens is 431 g/mol. The number of fused-ring (bicyclic) bond motifs is 1. The largest absolute Gasteiger partial charge is 0.478 e. The van der Waals surface area contributed by atoms with E-state index in [0.717, 1.165) is 21.4 Å². The van der Waals surface area contributed by atoms with Crippen LogP contribution in [0, 0.1) is 0 Å². The molecule has 5 nitrogen and oxygen atoms in total. The molecule has 0 aliphatic heterocycles. The number of pyridine rings is 1. The van der Waals surface area contributed by atoms with Crippen molar-refractivity contribution in [3.63, 3.8) is 0 Å². The van der Waals surface area contributed by atoms with Gasteiger partial charge in [0.1, 0.15) is 5.58 Å². The van der Waals surface area contributed by atoms with E-state index in [4.69, 9.17) is 32.7 Å². The summed E-state index contributed by atoms with van der Waals surface area (Å²) in [5, 5.41) is 11.0. The minimum absolute atomic E-state index is 0.229. The zero-order valence-electron chi connectivity index (χ0n) is 14.9. The predicted molar refractivity (Wildman–Crippen MR) is 116 cm³/mol. The highest BCUT2D eigenvalue weighted by atomic mass is 35.5. The first-order valence-corrected chi connectivity index (χ1v) is 10.1. The van der Waals surface area contributed by atoms with E-state index in [2.05, 4.69) is 4.98 Å². The Morgan fingerprint density at radius 2 is 1.90 bits per heavy atom. The monoisotopic (exact) mass is 444 g/mol. The summed E-state index contributed by atoms with van der Waals surface area (Å²) < 4.78 is 7.43. The van der Waals surface area contributed by atoms with Crippen molar-refractivity contribution in [2.24, 2.45) is 0 Å². The fourth-order valence-electron chi connectivity index (χ4n) is 2.79. The standard InChI is InChI=1S/C21H14Cl2N2O3S/c22-16-10-18(23)20(24-11-16)25(29-17-5-3-15(4-6-17)21(26)27)12-13-1-2-14-7-8-28-19(14)9-13/h1-11H,12H2,(H,26,27). The molecule has 0 saturated carbocycles. The Morgan fingerprint density at radius 3 is 2.62 bits per heavy atom. The SMILES string of the molecule is O=C(O)c1ccc(SN(Cc2ccc3ccoc3c2)c2ncc(Cl)cc2Cl)cc1. The third kappa shape index (κ3) is 4.50. The van der Waals surface area contributed by atoms with E-state index in [1.54, 1.807) is 42.8 Å². The molecule has 0 spiro atoms. The predicted octanol–water partition coefficient (Wildman–Crippen LogP) is 6.55. The molecule has 0 aliphatic rings. The van der Waals surface area contributed by atoms with Crippen LogP contribution in [0.5, 0.6) is 0 Å². The lowest BCUT2D eigenvalue weighted by Crippen LogP contribution is -2.15. The number of carbonyl (C=O) groups is 1. The summed E-state index contributed by atoms with van der Waals surface area (Å²) in [4.78, 5) is 16.3. The van der Waals surface area contributed by atoms with E-state index < -0.39 is 5.97 Å². The van der Waals surface area contributed by atoms with E-state index in [-0.39, 0.29) is 5.56 Å². The van der Waals surface area contributed by atoms with Crippen LogP contribution in [-0.4, -0.2) is 16.1 Å². The first-order chi connectivity index (χ1) is 14.0. The molecular formula is C21H14Cl2N2O3S. The molecule has 0 amide bonds. The van der Waals surface area contributed by atoms with Crippen LogP contribution in [0.25, 0.3) is 11.0 Å². The number of nitrogens with zero attached hydrogens (tertiary/aromatic N) is 2. The van der Waals surface area contributed by atoms with Crippen molar-refractivity contribution in [1.82, 2.24) is 4.98 Å². The van der Waals surface area contributed by atoms with Gasteiger partial charge in [0.25, 0.3) is 0 Å². The van der Waals surface area contributed by atoms with Crippen LogP contribution in [0.2, 0.25) is 10.0 Å². The second-order valence-electron chi connectivity index (χ2n) is 6.21. The van der Waals surface area contributed by atoms with Gasteiger partial charge in [0.2, 0.25) is 0 Å². The van der Waals surface area contributed by atoms with Crippen molar-refractivity contribution in [1.29, 1.82) is 0 Å². The Bertz CT molecular complexity index is 1180. The Kier molecular flexibility index (Phi) is 5.67. The summed E-state index contributed by atoms with van der Waals surface area (Å²) in [7, 11) is 0. The highest BCUT2D eigenvalue weighted by molar-refractivity contribution is 8.00. The molecule has 0 radical (unpaired) electrons. The number of halogens is 2. The lowest BCUT2D eigenvalue weighted by molar-refractivity contribution is 0.0697. The van der Waals surface area contributed by atoms with Crippen LogP contribution in [0.4, 0.5) is 5.82 Å². The number of rotatable bonds is 6. The van der Waals surface area contributed by atoms with E-state index in [1.807, 2.05) is 28.6 Å². The molecule has 146 valence electrons. The molecule has 2 aromatic carbocycles. The van der Waals surface area contributed by atoms with Crippen molar-refractivity contribution in [2.75, 3.05) is 4.31 Å². The number of aromatic nitrogens is 1. The average molecular weight is 445 g/mol. The van der Waals surface area contributed by atoms with Crippen molar-refractivity contribution in [2.45, 2.75) is 11.4 Å². The summed E-state index contributed by atoms with van der Waals surface area (Å²) in [5.41, 5.74) is 2.04. The van der Waals surface area contributed by atoms with Crippen LogP contribution >= 0.6 is 35.1 Å². The Hall–Kier alpha value is -2.67. The number of hydrogen-bond donors (Lipinski definition) is 1. The van der Waals surface area contributed by atoms with Gasteiger partial charge in [-0.15, -0.1) is 0 Å². The van der Waals surface area contributed by atoms with Crippen LogP contribution in [0.3, 0.4) is 0 Å². The molecule has 0 unspecified atom stereocenters. The molecule has 0 saturated heterocycles. The zero-order chi connectivity index (χ0) is 20.4. The Balaban J connectivity index is 1.66. The topological polar surface area (TPSA) is 66.6 Å². The van der Waals surface area contributed by atoms with Gasteiger partial charge in [-0.1, -0.05) is 35.3 Å². The van der Waals surface area contributed by atoms with Gasteiger partial charge in [-0.2, -0.15) is 0 Å². The summed E-state index contributed by atoms with van der Waals surface area (Å²) in [6.07, 6.45) is 3.20. The third-order valence-electron chi connectivity index (χ3n) is 4.19. The first-order valence-electron chi connectivity index (χ1n) is 8.55. The van der Waals surface area contributed by atoms with Gasteiger partial charge < -0.3 is 9.52 Å². The second-order valence-corrected chi connectivity index (χ2v) is 8.15. The van der Waals surface area contributed by atoms with Crippen LogP contribution in [0.15, 0.2) is 76.4 Å². The normalized spacial score (nSPS) is 11.0. The Morgan fingerprint density at radius 1 is 1.10 bits per heavy atom. The minimum atomic E-state index is -0.965. The van der Waals surface area contributed by atoms with Crippen LogP contribution in [0.1, 0.15) is 15.9 Å². The third-order valence-corrected chi connectivity index (χ3v) is 5.68. The molecule has 1 N–H and O–H groups in total. The van der Waals surface area contributed by atoms with Gasteiger partial charge in [0, 0.05) is 16.5 Å². The van der Waals surface area contributed by atoms with Gasteiger partial charge in [-0.05, 0) is 60.0 Å². The molecule has 8 heteroatoms. The van der Waals surface area contributed by atoms with Gasteiger partial charge in [0.15, 0.2) is 5.82 Å². The number of carboxylic acids is 1. The fourth-order valence-corrected chi connectivity index (χ4v) is 4.28. The molecule has 0 atom stereocenters. The fraction of sp³-hybridized carbons (Fsp3) is 0.0476. The van der Waals surface area contributed by atoms with E-state index in [1.165, 1.54) is 11.9 Å². The quantitative estimate of drug-likeness (QED) is 0.340. The van der Waals surface area contributed by atoms with Gasteiger partial charge in [-0.3, -0.25) is 4.31 Å². The molecule has 0 bridgehead atoms. The smallest absolute Gasteiger partial charge is 0.335 e. The molecule has 2 heterocycles. The molecule has 4 rings (SSSR count). The summed E-state index contributed by atoms with van der Waals surface area (Å²) in [6.45, 7) is 0.496. The first kappa shape index (κ1) is 19.6. The van der Waals surface area contributed by atoms with Gasteiger partial charge in [0.05, 0.1) is 28.4 Å². The average Bonchev–Trinajstić information content (AvgIpc) is 3.16. The van der Waals surface area contributed by atoms with Crippen LogP contribution < -0.4 is 4.31 Å². The zero-order valence-corrected chi connectivity index (χ0v) is 17.2. The lowest BCUT2D eigenvalue weighted by atomic mass is 10.2. The maximum atomic E-state index is 11.1. The van der Waals surface area contributed by atoms with E-state index in [0.29, 0.717) is 22.4 Å². The van der Waals surface area contributed by atoms with E-state index >= 15 is 0 Å². The summed E-state index contributed by atoms with van der Waals surface area (Å²) in [6, 6.07) is 16.2. The van der Waals surface area contributed by atoms with Gasteiger partial charge in [-0.25, -0.2) is 9.78 Å². The highest BCUT2D eigenvalue weighted by Gasteiger charge is 2.16. The van der Waals surface area contributed by atoms with Crippen molar-refractivity contribution < 1.29 is 14.3 Å². The maximum Gasteiger partial charge on any atom is 0.335 e. The second kappa shape index (κ2) is 8.37. The summed E-state index contributed by atoms with van der Waals surface area (Å²) >= 11 is 13.8. The van der Waals surface area contributed by atoms with E-state index in [9.17, 15) is 4.79 Å². The lowest BCUT2D eigenvalue weighted by Gasteiger charge is -2.23. The number of aromatic carboxylic acids is 1. The molecule has 4 aromatic rings. The number of benzene rings is 2. The molecule has 29 heavy (non-hydrogen) atoms. The number of carboxylic acid groups (broad SMARTS) is 1. The number of hydrogen-bond acceptors (Lipinski definition) is 5. The van der Waals surface area contributed by atoms with Gasteiger partial charge >= 0.3 is 5.97 Å². The minimum Gasteiger partial charge on any atom is -0.478 e. The summed E-state index contributed by atoms with van der Waals surface area (Å²) in [5.74, 6) is -0.407. The Labute approximate surface area is 181 Å². The number of furan rings is 1. The molecule has 0 fully saturated rings. The van der Waals surface area contributed by atoms with Crippen LogP contribution in [-0.2, 0) is 6.54 Å². The number of anilines is 1. The van der Waals surface area contributed by atoms with Crippen molar-refractivity contribution in [3.8, 4) is 0 Å². The van der Waals surface area contributed by atoms with Crippen molar-refractivity contribution in [3.05, 3.63) is 88.2 Å². The maximum absolute atomic E-state index is 11.1. The molecule has 0 aliphatic carbocycles.